The van der Waals surface area contributed by atoms with Gasteiger partial charge in [0.05, 0.1) is 12.5 Å². The maximum Gasteiger partial charge on any atom is 0.391 e. The molecule has 2 aliphatic rings. The number of amides is 2. The first-order valence-electron chi connectivity index (χ1n) is 7.10. The van der Waals surface area contributed by atoms with Gasteiger partial charge in [-0.25, -0.2) is 0 Å². The van der Waals surface area contributed by atoms with Crippen molar-refractivity contribution in [2.45, 2.75) is 50.4 Å². The Morgan fingerprint density at radius 2 is 2.00 bits per heavy atom. The Morgan fingerprint density at radius 1 is 1.33 bits per heavy atom. The van der Waals surface area contributed by atoms with Crippen molar-refractivity contribution in [3.8, 4) is 0 Å². The summed E-state index contributed by atoms with van der Waals surface area (Å²) >= 11 is 0. The van der Waals surface area contributed by atoms with E-state index in [1.807, 2.05) is 0 Å². The number of aliphatic hydroxyl groups excluding tert-OH is 1. The van der Waals surface area contributed by atoms with Gasteiger partial charge in [0.2, 0.25) is 5.91 Å². The van der Waals surface area contributed by atoms with Crippen molar-refractivity contribution in [2.75, 3.05) is 13.1 Å². The zero-order chi connectivity index (χ0) is 15.6. The lowest BCUT2D eigenvalue weighted by molar-refractivity contribution is -0.199. The van der Waals surface area contributed by atoms with E-state index in [2.05, 4.69) is 5.32 Å². The van der Waals surface area contributed by atoms with Crippen LogP contribution in [0.5, 0.6) is 0 Å². The predicted octanol–water partition coefficient (Wildman–Crippen LogP) is 0.817. The first kappa shape index (κ1) is 16.1. The second-order valence-corrected chi connectivity index (χ2v) is 5.75. The zero-order valence-corrected chi connectivity index (χ0v) is 11.5. The second-order valence-electron chi connectivity index (χ2n) is 5.75. The number of halogens is 3. The molecule has 8 heteroatoms. The number of nitrogens with one attached hydrogen (secondary N) is 1. The van der Waals surface area contributed by atoms with Crippen LogP contribution in [0, 0.1) is 5.92 Å². The molecule has 1 aliphatic carbocycles. The van der Waals surface area contributed by atoms with E-state index in [0.717, 1.165) is 0 Å². The van der Waals surface area contributed by atoms with Crippen molar-refractivity contribution < 1.29 is 27.9 Å². The molecule has 2 N–H and O–H groups in total. The Kier molecular flexibility index (Phi) is 4.75. The van der Waals surface area contributed by atoms with Gasteiger partial charge in [0, 0.05) is 12.6 Å². The Labute approximate surface area is 120 Å². The van der Waals surface area contributed by atoms with Gasteiger partial charge in [-0.05, 0) is 32.1 Å². The van der Waals surface area contributed by atoms with Crippen LogP contribution in [0.4, 0.5) is 13.2 Å². The topological polar surface area (TPSA) is 69.6 Å². The molecule has 0 spiro atoms. The summed E-state index contributed by atoms with van der Waals surface area (Å²) in [5, 5.41) is 12.1. The summed E-state index contributed by atoms with van der Waals surface area (Å²) in [4.78, 5) is 24.8. The van der Waals surface area contributed by atoms with Crippen LogP contribution in [0.25, 0.3) is 0 Å². The smallest absolute Gasteiger partial charge is 0.383 e. The minimum Gasteiger partial charge on any atom is -0.383 e. The van der Waals surface area contributed by atoms with E-state index < -0.39 is 36.1 Å². The van der Waals surface area contributed by atoms with Gasteiger partial charge in [-0.15, -0.1) is 0 Å². The summed E-state index contributed by atoms with van der Waals surface area (Å²) in [5.74, 6) is -2.29. The summed E-state index contributed by atoms with van der Waals surface area (Å²) in [6, 6.07) is -0.476. The summed E-state index contributed by atoms with van der Waals surface area (Å²) < 4.78 is 37.0. The Balaban J connectivity index is 1.76. The van der Waals surface area contributed by atoms with Gasteiger partial charge in [-0.3, -0.25) is 9.59 Å². The van der Waals surface area contributed by atoms with Crippen LogP contribution in [0.15, 0.2) is 0 Å². The molecule has 1 atom stereocenters. The molecule has 2 fully saturated rings. The average molecular weight is 308 g/mol. The number of carbonyl (C=O) groups excluding carboxylic acids is 2. The normalized spacial score (nSPS) is 30.6. The van der Waals surface area contributed by atoms with Crippen LogP contribution in [0.3, 0.4) is 0 Å². The lowest BCUT2D eigenvalue weighted by atomic mass is 9.80. The average Bonchev–Trinajstić information content (AvgIpc) is 2.47. The van der Waals surface area contributed by atoms with Crippen molar-refractivity contribution in [3.63, 3.8) is 0 Å². The van der Waals surface area contributed by atoms with Gasteiger partial charge in [0.25, 0.3) is 5.91 Å². The first-order chi connectivity index (χ1) is 9.77. The molecule has 1 unspecified atom stereocenters. The fourth-order valence-electron chi connectivity index (χ4n) is 2.69. The molecule has 1 saturated carbocycles. The fraction of sp³-hybridized carbons (Fsp3) is 0.846. The van der Waals surface area contributed by atoms with Gasteiger partial charge in [-0.1, -0.05) is 0 Å². The van der Waals surface area contributed by atoms with Crippen LogP contribution < -0.4 is 5.32 Å². The van der Waals surface area contributed by atoms with Crippen molar-refractivity contribution >= 4 is 11.8 Å². The highest BCUT2D eigenvalue weighted by molar-refractivity contribution is 5.87. The molecule has 0 radical (unpaired) electrons. The third-order valence-electron chi connectivity index (χ3n) is 4.05. The molecule has 1 aliphatic heterocycles. The molecule has 0 bridgehead atoms. The van der Waals surface area contributed by atoms with Gasteiger partial charge >= 0.3 is 6.18 Å². The lowest BCUT2D eigenvalue weighted by Crippen LogP contribution is -2.52. The number of rotatable bonds is 3. The highest BCUT2D eigenvalue weighted by atomic mass is 19.4. The summed E-state index contributed by atoms with van der Waals surface area (Å²) in [6.07, 6.45) is -3.70. The minimum atomic E-state index is -4.20. The fourth-order valence-corrected chi connectivity index (χ4v) is 2.69. The molecule has 2 rings (SSSR count). The maximum atomic E-state index is 12.3. The highest BCUT2D eigenvalue weighted by Crippen LogP contribution is 2.40. The lowest BCUT2D eigenvalue weighted by Gasteiger charge is -2.37. The maximum absolute atomic E-state index is 12.3. The van der Waals surface area contributed by atoms with Crippen LogP contribution >= 0.6 is 0 Å². The van der Waals surface area contributed by atoms with E-state index >= 15 is 0 Å². The number of likely N-dealkylation sites (tertiary alicyclic amines) is 1. The standard InChI is InChI=1S/C13H19F3N2O3/c14-13(15,16)8-5-9(6-8)17-11(20)7-18-4-2-1-3-10(19)12(18)21/h8-10,19H,1-7H2,(H,17,20). The third kappa shape index (κ3) is 4.09. The second kappa shape index (κ2) is 6.21. The minimum absolute atomic E-state index is 0.105. The summed E-state index contributed by atoms with van der Waals surface area (Å²) in [6.45, 7) is 0.183. The number of hydrogen-bond acceptors (Lipinski definition) is 3. The number of aliphatic hydroxyl groups is 1. The monoisotopic (exact) mass is 308 g/mol. The van der Waals surface area contributed by atoms with Gasteiger partial charge in [0.1, 0.15) is 6.10 Å². The number of nitrogens with zero attached hydrogens (tertiary/aromatic N) is 1. The van der Waals surface area contributed by atoms with Crippen molar-refractivity contribution in [3.05, 3.63) is 0 Å². The first-order valence-corrected chi connectivity index (χ1v) is 7.10. The molecule has 120 valence electrons. The molecule has 5 nitrogen and oxygen atoms in total. The Bertz CT molecular complexity index is 408. The molecule has 0 aromatic heterocycles. The zero-order valence-electron chi connectivity index (χ0n) is 11.5. The molecule has 0 aromatic rings. The molecule has 1 saturated heterocycles. The van der Waals surface area contributed by atoms with Crippen LogP contribution in [0.2, 0.25) is 0 Å². The van der Waals surface area contributed by atoms with Crippen molar-refractivity contribution in [1.29, 1.82) is 0 Å². The van der Waals surface area contributed by atoms with Gasteiger partial charge < -0.3 is 15.3 Å². The SMILES string of the molecule is O=C(CN1CCCCC(O)C1=O)NC1CC(C(F)(F)F)C1. The highest BCUT2D eigenvalue weighted by Gasteiger charge is 2.48. The van der Waals surface area contributed by atoms with Crippen LogP contribution in [0.1, 0.15) is 32.1 Å². The van der Waals surface area contributed by atoms with Gasteiger partial charge in [0.15, 0.2) is 0 Å². The molecule has 2 amide bonds. The predicted molar refractivity (Wildman–Crippen MR) is 67.1 cm³/mol. The van der Waals surface area contributed by atoms with Crippen molar-refractivity contribution in [1.82, 2.24) is 10.2 Å². The van der Waals surface area contributed by atoms with E-state index in [1.165, 1.54) is 4.90 Å². The van der Waals surface area contributed by atoms with E-state index in [4.69, 9.17) is 0 Å². The number of carbonyl (C=O) groups is 2. The Hall–Kier alpha value is -1.31. The largest absolute Gasteiger partial charge is 0.391 e. The molecular weight excluding hydrogens is 289 g/mol. The molecule has 1 heterocycles. The van der Waals surface area contributed by atoms with Gasteiger partial charge in [-0.2, -0.15) is 13.2 Å². The van der Waals surface area contributed by atoms with E-state index in [0.29, 0.717) is 25.8 Å². The van der Waals surface area contributed by atoms with Crippen LogP contribution in [-0.4, -0.2) is 53.2 Å². The number of alkyl halides is 3. The molecular formula is C13H19F3N2O3. The molecule has 21 heavy (non-hydrogen) atoms. The van der Waals surface area contributed by atoms with E-state index in [-0.39, 0.29) is 19.4 Å². The summed E-state index contributed by atoms with van der Waals surface area (Å²) in [7, 11) is 0. The third-order valence-corrected chi connectivity index (χ3v) is 4.05. The summed E-state index contributed by atoms with van der Waals surface area (Å²) in [5.41, 5.74) is 0. The molecule has 0 aromatic carbocycles. The van der Waals surface area contributed by atoms with E-state index in [9.17, 15) is 27.9 Å². The van der Waals surface area contributed by atoms with E-state index in [1.54, 1.807) is 0 Å². The Morgan fingerprint density at radius 3 is 2.62 bits per heavy atom. The number of hydrogen-bond donors (Lipinski definition) is 2. The quantitative estimate of drug-likeness (QED) is 0.811. The van der Waals surface area contributed by atoms with Crippen LogP contribution in [-0.2, 0) is 9.59 Å². The van der Waals surface area contributed by atoms with Crippen molar-refractivity contribution in [2.24, 2.45) is 5.92 Å².